The lowest BCUT2D eigenvalue weighted by Gasteiger charge is -2.26. The van der Waals surface area contributed by atoms with Gasteiger partial charge in [-0.25, -0.2) is 0 Å². The van der Waals surface area contributed by atoms with Gasteiger partial charge in [-0.15, -0.1) is 23.1 Å². The standard InChI is InChI=1S/C23H32N2O2S2/c1-19-9-14-29-22(19)17-28-18-23(26)24-10-6-13-27-21-8-5-7-20(15-21)16-25-11-3-2-4-12-25/h5,7-9,14-15H,2-4,6,10-13,16-18H2,1H3,(H,24,26). The summed E-state index contributed by atoms with van der Waals surface area (Å²) in [4.78, 5) is 15.8. The van der Waals surface area contributed by atoms with Crippen LogP contribution in [-0.4, -0.2) is 42.8 Å². The Morgan fingerprint density at radius 2 is 2.10 bits per heavy atom. The van der Waals surface area contributed by atoms with E-state index in [-0.39, 0.29) is 5.91 Å². The summed E-state index contributed by atoms with van der Waals surface area (Å²) in [5.74, 6) is 2.45. The highest BCUT2D eigenvalue weighted by Crippen LogP contribution is 2.21. The van der Waals surface area contributed by atoms with E-state index >= 15 is 0 Å². The molecule has 1 N–H and O–H groups in total. The van der Waals surface area contributed by atoms with Gasteiger partial charge < -0.3 is 10.1 Å². The van der Waals surface area contributed by atoms with E-state index < -0.39 is 0 Å². The molecular formula is C23H32N2O2S2. The molecule has 2 heterocycles. The van der Waals surface area contributed by atoms with Gasteiger partial charge in [-0.2, -0.15) is 0 Å². The molecule has 0 spiro atoms. The predicted molar refractivity (Wildman–Crippen MR) is 124 cm³/mol. The van der Waals surface area contributed by atoms with Gasteiger partial charge in [0.15, 0.2) is 0 Å². The molecule has 6 heteroatoms. The van der Waals surface area contributed by atoms with Crippen molar-refractivity contribution in [1.29, 1.82) is 0 Å². The fraction of sp³-hybridized carbons (Fsp3) is 0.522. The van der Waals surface area contributed by atoms with E-state index in [0.29, 0.717) is 18.9 Å². The van der Waals surface area contributed by atoms with Crippen LogP contribution in [-0.2, 0) is 17.1 Å². The van der Waals surface area contributed by atoms with Crippen molar-refractivity contribution < 1.29 is 9.53 Å². The summed E-state index contributed by atoms with van der Waals surface area (Å²) >= 11 is 3.44. The molecule has 4 nitrogen and oxygen atoms in total. The van der Waals surface area contributed by atoms with E-state index in [1.807, 2.05) is 6.07 Å². The molecule has 1 aromatic carbocycles. The highest BCUT2D eigenvalue weighted by atomic mass is 32.2. The summed E-state index contributed by atoms with van der Waals surface area (Å²) < 4.78 is 5.89. The number of piperidine rings is 1. The third-order valence-electron chi connectivity index (χ3n) is 5.10. The maximum atomic E-state index is 11.9. The largest absolute Gasteiger partial charge is 0.494 e. The number of likely N-dealkylation sites (tertiary alicyclic amines) is 1. The highest BCUT2D eigenvalue weighted by molar-refractivity contribution is 7.99. The van der Waals surface area contributed by atoms with Gasteiger partial charge >= 0.3 is 0 Å². The Balaban J connectivity index is 1.26. The summed E-state index contributed by atoms with van der Waals surface area (Å²) in [6.07, 6.45) is 4.81. The van der Waals surface area contributed by atoms with Crippen molar-refractivity contribution in [3.63, 3.8) is 0 Å². The van der Waals surface area contributed by atoms with Crippen LogP contribution >= 0.6 is 23.1 Å². The molecule has 1 aliphatic rings. The molecule has 1 fully saturated rings. The van der Waals surface area contributed by atoms with Crippen LogP contribution in [0.1, 0.15) is 41.7 Å². The normalized spacial score (nSPS) is 14.7. The first-order chi connectivity index (χ1) is 14.2. The van der Waals surface area contributed by atoms with Crippen molar-refractivity contribution in [3.8, 4) is 5.75 Å². The summed E-state index contributed by atoms with van der Waals surface area (Å²) in [5, 5.41) is 5.09. The second kappa shape index (κ2) is 12.3. The Morgan fingerprint density at radius 3 is 2.90 bits per heavy atom. The lowest BCUT2D eigenvalue weighted by molar-refractivity contribution is -0.118. The molecule has 1 saturated heterocycles. The smallest absolute Gasteiger partial charge is 0.230 e. The maximum Gasteiger partial charge on any atom is 0.230 e. The molecule has 0 unspecified atom stereocenters. The third-order valence-corrected chi connectivity index (χ3v) is 7.26. The maximum absolute atomic E-state index is 11.9. The number of carbonyl (C=O) groups is 1. The number of benzene rings is 1. The van der Waals surface area contributed by atoms with Crippen molar-refractivity contribution in [2.24, 2.45) is 0 Å². The number of amides is 1. The average Bonchev–Trinajstić information content (AvgIpc) is 3.14. The van der Waals surface area contributed by atoms with Gasteiger partial charge in [0.05, 0.1) is 12.4 Å². The molecule has 0 aliphatic carbocycles. The number of hydrogen-bond acceptors (Lipinski definition) is 5. The molecule has 0 radical (unpaired) electrons. The Morgan fingerprint density at radius 1 is 1.24 bits per heavy atom. The van der Waals surface area contributed by atoms with E-state index in [2.05, 4.69) is 46.8 Å². The molecule has 0 bridgehead atoms. The van der Waals surface area contributed by atoms with Crippen molar-refractivity contribution in [2.75, 3.05) is 32.0 Å². The minimum absolute atomic E-state index is 0.104. The Kier molecular flexibility index (Phi) is 9.38. The topological polar surface area (TPSA) is 41.6 Å². The lowest BCUT2D eigenvalue weighted by atomic mass is 10.1. The molecular weight excluding hydrogens is 400 g/mol. The molecule has 2 aromatic rings. The van der Waals surface area contributed by atoms with E-state index in [1.54, 1.807) is 23.1 Å². The third kappa shape index (κ3) is 8.03. The van der Waals surface area contributed by atoms with Crippen LogP contribution in [0.2, 0.25) is 0 Å². The van der Waals surface area contributed by atoms with Crippen LogP contribution in [0.5, 0.6) is 5.75 Å². The monoisotopic (exact) mass is 432 g/mol. The number of aryl methyl sites for hydroxylation is 1. The zero-order valence-electron chi connectivity index (χ0n) is 17.3. The van der Waals surface area contributed by atoms with Crippen LogP contribution in [0.25, 0.3) is 0 Å². The average molecular weight is 433 g/mol. The molecule has 158 valence electrons. The summed E-state index contributed by atoms with van der Waals surface area (Å²) in [5.41, 5.74) is 2.63. The quantitative estimate of drug-likeness (QED) is 0.515. The van der Waals surface area contributed by atoms with Gasteiger partial charge in [-0.3, -0.25) is 9.69 Å². The SMILES string of the molecule is Cc1ccsc1CSCC(=O)NCCCOc1cccc(CN2CCCCC2)c1. The first-order valence-corrected chi connectivity index (χ1v) is 12.6. The number of ether oxygens (including phenoxy) is 1. The van der Waals surface area contributed by atoms with Gasteiger partial charge in [0, 0.05) is 23.7 Å². The number of thioether (sulfide) groups is 1. The van der Waals surface area contributed by atoms with Gasteiger partial charge in [0.25, 0.3) is 0 Å². The first-order valence-electron chi connectivity index (χ1n) is 10.5. The summed E-state index contributed by atoms with van der Waals surface area (Å²) in [6.45, 7) is 6.82. The first kappa shape index (κ1) is 22.2. The predicted octanol–water partition coefficient (Wildman–Crippen LogP) is 4.86. The number of hydrogen-bond donors (Lipinski definition) is 1. The zero-order chi connectivity index (χ0) is 20.3. The molecule has 3 rings (SSSR count). The Bertz CT molecular complexity index is 757. The number of thiophene rings is 1. The fourth-order valence-electron chi connectivity index (χ4n) is 3.44. The number of nitrogens with one attached hydrogen (secondary N) is 1. The second-order valence-corrected chi connectivity index (χ2v) is 9.54. The van der Waals surface area contributed by atoms with E-state index in [1.165, 1.54) is 48.4 Å². The minimum Gasteiger partial charge on any atom is -0.494 e. The minimum atomic E-state index is 0.104. The Hall–Kier alpha value is -1.50. The molecule has 1 aliphatic heterocycles. The van der Waals surface area contributed by atoms with Gasteiger partial charge in [-0.05, 0) is 74.0 Å². The van der Waals surface area contributed by atoms with Gasteiger partial charge in [-0.1, -0.05) is 18.6 Å². The van der Waals surface area contributed by atoms with E-state index in [4.69, 9.17) is 4.74 Å². The van der Waals surface area contributed by atoms with Gasteiger partial charge in [0.1, 0.15) is 5.75 Å². The number of rotatable bonds is 11. The van der Waals surface area contributed by atoms with E-state index in [0.717, 1.165) is 24.5 Å². The van der Waals surface area contributed by atoms with E-state index in [9.17, 15) is 4.79 Å². The lowest BCUT2D eigenvalue weighted by Crippen LogP contribution is -2.29. The van der Waals surface area contributed by atoms with Crippen molar-refractivity contribution >= 4 is 29.0 Å². The molecule has 0 atom stereocenters. The zero-order valence-corrected chi connectivity index (χ0v) is 19.0. The second-order valence-electron chi connectivity index (χ2n) is 7.56. The highest BCUT2D eigenvalue weighted by Gasteiger charge is 2.10. The van der Waals surface area contributed by atoms with Crippen LogP contribution < -0.4 is 10.1 Å². The van der Waals surface area contributed by atoms with Crippen LogP contribution in [0.3, 0.4) is 0 Å². The van der Waals surface area contributed by atoms with Gasteiger partial charge in [0.2, 0.25) is 5.91 Å². The number of carbonyl (C=O) groups excluding carboxylic acids is 1. The van der Waals surface area contributed by atoms with Crippen molar-refractivity contribution in [3.05, 3.63) is 51.7 Å². The molecule has 29 heavy (non-hydrogen) atoms. The molecule has 1 aromatic heterocycles. The molecule has 1 amide bonds. The van der Waals surface area contributed by atoms with Crippen molar-refractivity contribution in [2.45, 2.75) is 44.9 Å². The summed E-state index contributed by atoms with van der Waals surface area (Å²) in [7, 11) is 0. The van der Waals surface area contributed by atoms with Crippen molar-refractivity contribution in [1.82, 2.24) is 10.2 Å². The number of nitrogens with zero attached hydrogens (tertiary/aromatic N) is 1. The van der Waals surface area contributed by atoms with Crippen LogP contribution in [0.15, 0.2) is 35.7 Å². The Labute approximate surface area is 183 Å². The molecule has 0 saturated carbocycles. The van der Waals surface area contributed by atoms with Crippen LogP contribution in [0.4, 0.5) is 0 Å². The summed E-state index contributed by atoms with van der Waals surface area (Å²) in [6, 6.07) is 10.5. The van der Waals surface area contributed by atoms with Crippen LogP contribution in [0, 0.1) is 6.92 Å². The fourth-order valence-corrected chi connectivity index (χ4v) is 5.45.